The first-order valence-corrected chi connectivity index (χ1v) is 20.6. The number of carbonyl (C=O) groups is 3. The number of rotatable bonds is 9. The highest BCUT2D eigenvalue weighted by molar-refractivity contribution is 6.23. The number of amides is 3. The van der Waals surface area contributed by atoms with Crippen molar-refractivity contribution in [3.8, 4) is 34.6 Å². The van der Waals surface area contributed by atoms with Crippen molar-refractivity contribution >= 4 is 45.5 Å². The number of benzene rings is 2. The van der Waals surface area contributed by atoms with Gasteiger partial charge in [-0.25, -0.2) is 15.0 Å². The molecule has 1 atom stereocenters. The summed E-state index contributed by atoms with van der Waals surface area (Å²) in [7, 11) is 2.08. The van der Waals surface area contributed by atoms with Gasteiger partial charge >= 0.3 is 0 Å². The minimum absolute atomic E-state index is 0.0400. The van der Waals surface area contributed by atoms with Crippen LogP contribution in [0, 0.1) is 11.8 Å². The lowest BCUT2D eigenvalue weighted by Gasteiger charge is -2.39. The van der Waals surface area contributed by atoms with Crippen LogP contribution in [0.1, 0.15) is 64.9 Å². The molecule has 6 aromatic rings. The molecule has 1 aliphatic carbocycles. The first-order valence-electron chi connectivity index (χ1n) is 20.6. The number of aromatic nitrogens is 5. The molecule has 4 aliphatic rings. The molecule has 0 spiro atoms. The molecule has 3 fully saturated rings. The lowest BCUT2D eigenvalue weighted by Crippen LogP contribution is -2.51. The average molecular weight is 815 g/mol. The Kier molecular flexibility index (Phi) is 9.88. The maximum Gasteiger partial charge on any atom is 0.262 e. The molecule has 306 valence electrons. The summed E-state index contributed by atoms with van der Waals surface area (Å²) >= 11 is 0. The van der Waals surface area contributed by atoms with Crippen molar-refractivity contribution in [2.24, 2.45) is 7.05 Å². The first-order chi connectivity index (χ1) is 29.8. The van der Waals surface area contributed by atoms with E-state index in [1.165, 1.54) is 11.5 Å². The van der Waals surface area contributed by atoms with Gasteiger partial charge in [-0.15, -0.1) is 0 Å². The van der Waals surface area contributed by atoms with E-state index in [1.807, 2.05) is 30.7 Å². The van der Waals surface area contributed by atoms with Crippen LogP contribution in [0.5, 0.6) is 11.6 Å². The monoisotopic (exact) mass is 814 g/mol. The Bertz CT molecular complexity index is 2800. The van der Waals surface area contributed by atoms with Crippen LogP contribution in [-0.2, 0) is 16.6 Å². The topological polar surface area (TPSA) is 154 Å². The molecule has 4 aromatic heterocycles. The minimum atomic E-state index is -0.870. The number of imide groups is 1. The first kappa shape index (κ1) is 38.1. The Balaban J connectivity index is 0.666. The summed E-state index contributed by atoms with van der Waals surface area (Å²) in [6.45, 7) is 5.35. The molecule has 2 saturated heterocycles. The lowest BCUT2D eigenvalue weighted by molar-refractivity contribution is -0.125. The average Bonchev–Trinajstić information content (AvgIpc) is 3.69. The van der Waals surface area contributed by atoms with Gasteiger partial charge in [-0.05, 0) is 79.6 Å². The van der Waals surface area contributed by atoms with Crippen molar-refractivity contribution in [1.29, 1.82) is 0 Å². The largest absolute Gasteiger partial charge is 0.481 e. The minimum Gasteiger partial charge on any atom is -0.481 e. The van der Waals surface area contributed by atoms with E-state index in [9.17, 15) is 14.4 Å². The van der Waals surface area contributed by atoms with Gasteiger partial charge in [0.05, 0.1) is 28.9 Å². The summed E-state index contributed by atoms with van der Waals surface area (Å²) in [4.78, 5) is 60.0. The summed E-state index contributed by atoms with van der Waals surface area (Å²) in [6.07, 6.45) is 12.0. The Hall–Kier alpha value is -7.11. The zero-order valence-corrected chi connectivity index (χ0v) is 33.5. The molecule has 1 unspecified atom stereocenters. The van der Waals surface area contributed by atoms with Crippen molar-refractivity contribution in [1.82, 2.24) is 34.7 Å². The SMILES string of the molecule is C=C1CCC(N2C(=O)c3ccc(OCC#Cc4ccnc(N5CCC(OC6CC(Oc7ccc(-c8ccc9c%10cnccc%10n(C)c9c8)cn7)C6)CC5)n4)cc3C2=O)C(=O)N1. The van der Waals surface area contributed by atoms with E-state index >= 15 is 0 Å². The fourth-order valence-electron chi connectivity index (χ4n) is 8.65. The number of ether oxygens (including phenoxy) is 3. The number of aryl methyl sites for hydroxylation is 1. The van der Waals surface area contributed by atoms with E-state index in [1.54, 1.807) is 24.4 Å². The molecule has 2 aromatic carbocycles. The van der Waals surface area contributed by atoms with Gasteiger partial charge in [-0.1, -0.05) is 24.6 Å². The van der Waals surface area contributed by atoms with Crippen LogP contribution in [0.25, 0.3) is 32.9 Å². The summed E-state index contributed by atoms with van der Waals surface area (Å²) in [5.74, 6) is 6.24. The second-order valence-electron chi connectivity index (χ2n) is 15.9. The van der Waals surface area contributed by atoms with Crippen LogP contribution in [0.3, 0.4) is 0 Å². The number of allylic oxidation sites excluding steroid dienone is 1. The fourth-order valence-corrected chi connectivity index (χ4v) is 8.65. The molecule has 14 nitrogen and oxygen atoms in total. The number of carbonyl (C=O) groups excluding carboxylic acids is 3. The van der Waals surface area contributed by atoms with Gasteiger partial charge in [0.2, 0.25) is 17.7 Å². The summed E-state index contributed by atoms with van der Waals surface area (Å²) in [5, 5.41) is 4.98. The van der Waals surface area contributed by atoms with Crippen molar-refractivity contribution in [3.63, 3.8) is 0 Å². The predicted molar refractivity (Wildman–Crippen MR) is 227 cm³/mol. The van der Waals surface area contributed by atoms with E-state index in [-0.39, 0.29) is 36.0 Å². The van der Waals surface area contributed by atoms with Gasteiger partial charge in [0.15, 0.2) is 0 Å². The molecule has 0 radical (unpaired) electrons. The molecule has 0 bridgehead atoms. The van der Waals surface area contributed by atoms with Gasteiger partial charge in [0, 0.05) is 91.4 Å². The number of hydrogen-bond acceptors (Lipinski definition) is 11. The maximum absolute atomic E-state index is 13.2. The Morgan fingerprint density at radius 3 is 2.48 bits per heavy atom. The molecule has 7 heterocycles. The zero-order valence-electron chi connectivity index (χ0n) is 33.5. The number of anilines is 1. The summed E-state index contributed by atoms with van der Waals surface area (Å²) in [6, 6.07) is 18.1. The summed E-state index contributed by atoms with van der Waals surface area (Å²) in [5.41, 5.74) is 6.05. The third-order valence-electron chi connectivity index (χ3n) is 12.0. The van der Waals surface area contributed by atoms with Gasteiger partial charge in [0.25, 0.3) is 11.8 Å². The smallest absolute Gasteiger partial charge is 0.262 e. The molecule has 1 saturated carbocycles. The van der Waals surface area contributed by atoms with E-state index in [4.69, 9.17) is 14.2 Å². The third-order valence-corrected chi connectivity index (χ3v) is 12.0. The number of pyridine rings is 2. The standard InChI is InChI=1S/C47H42N8O6/c1-28-5-11-41(44(56)51-28)55-45(57)37-10-8-33(25-38(37)46(55)58)59-21-3-4-31-13-18-49-47(52-31)54-19-15-32(16-20-54)60-34-23-35(24-34)61-43-12-7-30(26-50-43)29-6-9-36-39-27-48-17-14-40(39)53(2)42(36)22-29/h6-10,12-14,17-18,22,25-27,32,34-35,41H,1,5,11,15-16,19-21,23-24H2,2H3,(H,51,56). The molecular formula is C47H42N8O6. The Labute approximate surface area is 351 Å². The van der Waals surface area contributed by atoms with Crippen LogP contribution >= 0.6 is 0 Å². The molecule has 3 aliphatic heterocycles. The van der Waals surface area contributed by atoms with Crippen LogP contribution in [-0.4, -0.2) is 91.2 Å². The summed E-state index contributed by atoms with van der Waals surface area (Å²) < 4.78 is 20.7. The Morgan fingerprint density at radius 1 is 0.820 bits per heavy atom. The number of nitrogens with zero attached hydrogens (tertiary/aromatic N) is 7. The van der Waals surface area contributed by atoms with Crippen molar-refractivity contribution in [2.45, 2.75) is 62.9 Å². The number of fused-ring (bicyclic) bond motifs is 4. The van der Waals surface area contributed by atoms with E-state index in [0.717, 1.165) is 71.2 Å². The molecule has 14 heteroatoms. The quantitative estimate of drug-likeness (QED) is 0.135. The van der Waals surface area contributed by atoms with E-state index in [2.05, 4.69) is 84.5 Å². The van der Waals surface area contributed by atoms with Crippen LogP contribution in [0.2, 0.25) is 0 Å². The van der Waals surface area contributed by atoms with Crippen molar-refractivity contribution in [2.75, 3.05) is 24.6 Å². The zero-order chi connectivity index (χ0) is 41.6. The highest BCUT2D eigenvalue weighted by Crippen LogP contribution is 2.34. The van der Waals surface area contributed by atoms with E-state index in [0.29, 0.717) is 41.8 Å². The highest BCUT2D eigenvalue weighted by Gasteiger charge is 2.44. The van der Waals surface area contributed by atoms with Gasteiger partial charge in [0.1, 0.15) is 30.2 Å². The van der Waals surface area contributed by atoms with Crippen LogP contribution in [0.4, 0.5) is 5.95 Å². The van der Waals surface area contributed by atoms with Crippen LogP contribution < -0.4 is 19.7 Å². The lowest BCUT2D eigenvalue weighted by atomic mass is 9.91. The number of piperidine rings is 2. The second kappa shape index (κ2) is 15.8. The van der Waals surface area contributed by atoms with Crippen molar-refractivity contribution in [3.05, 3.63) is 115 Å². The number of hydrogen-bond donors (Lipinski definition) is 1. The molecule has 61 heavy (non-hydrogen) atoms. The molecule has 1 N–H and O–H groups in total. The fraction of sp³-hybridized carbons (Fsp3) is 0.298. The molecule has 3 amide bonds. The Morgan fingerprint density at radius 2 is 1.66 bits per heavy atom. The van der Waals surface area contributed by atoms with Gasteiger partial charge in [-0.2, -0.15) is 0 Å². The molecule has 10 rings (SSSR count). The maximum atomic E-state index is 13.2. The number of nitrogens with one attached hydrogen (secondary N) is 1. The molecular weight excluding hydrogens is 773 g/mol. The van der Waals surface area contributed by atoms with E-state index < -0.39 is 23.8 Å². The third kappa shape index (κ3) is 7.42. The highest BCUT2D eigenvalue weighted by atomic mass is 16.5. The van der Waals surface area contributed by atoms with Gasteiger partial charge in [-0.3, -0.25) is 24.3 Å². The van der Waals surface area contributed by atoms with Crippen molar-refractivity contribution < 1.29 is 28.6 Å². The second-order valence-corrected chi connectivity index (χ2v) is 15.9. The predicted octanol–water partition coefficient (Wildman–Crippen LogP) is 5.99. The van der Waals surface area contributed by atoms with Crippen LogP contribution in [0.15, 0.2) is 97.7 Å². The van der Waals surface area contributed by atoms with Gasteiger partial charge < -0.3 is 29.0 Å². The normalized spacial score (nSPS) is 20.3.